The molecule has 1 amide bonds. The third-order valence-electron chi connectivity index (χ3n) is 4.61. The molecule has 0 unspecified atom stereocenters. The first kappa shape index (κ1) is 20.3. The predicted octanol–water partition coefficient (Wildman–Crippen LogP) is 3.38. The topological polar surface area (TPSA) is 81.0 Å². The molecule has 0 saturated carbocycles. The summed E-state index contributed by atoms with van der Waals surface area (Å²) in [4.78, 5) is 26.0. The number of anilines is 1. The van der Waals surface area contributed by atoms with Crippen LogP contribution < -0.4 is 20.4 Å². The minimum Gasteiger partial charge on any atom is -0.493 e. The van der Waals surface area contributed by atoms with Crippen molar-refractivity contribution >= 4 is 22.6 Å². The van der Waals surface area contributed by atoms with Gasteiger partial charge in [0.2, 0.25) is 0 Å². The lowest BCUT2D eigenvalue weighted by Crippen LogP contribution is -2.28. The molecule has 3 aromatic rings. The van der Waals surface area contributed by atoms with Gasteiger partial charge in [0.05, 0.1) is 19.9 Å². The smallest absolute Gasteiger partial charge is 0.338 e. The average Bonchev–Trinajstić information content (AvgIpc) is 2.75. The Morgan fingerprint density at radius 1 is 1.07 bits per heavy atom. The number of benzene rings is 2. The minimum absolute atomic E-state index is 0.100. The summed E-state index contributed by atoms with van der Waals surface area (Å²) in [6, 6.07) is 13.9. The molecule has 152 valence electrons. The van der Waals surface area contributed by atoms with Crippen molar-refractivity contribution in [2.24, 2.45) is 0 Å². The SMILES string of the molecule is COc1ccc(C(=O)N(C)CCCNc2cc(=O)oc3ccccc23)cc1OC. The first-order valence-corrected chi connectivity index (χ1v) is 9.27. The second-order valence-corrected chi connectivity index (χ2v) is 6.55. The van der Waals surface area contributed by atoms with Crippen LogP contribution in [0.3, 0.4) is 0 Å². The van der Waals surface area contributed by atoms with E-state index in [9.17, 15) is 9.59 Å². The van der Waals surface area contributed by atoms with Gasteiger partial charge in [0, 0.05) is 37.2 Å². The summed E-state index contributed by atoms with van der Waals surface area (Å²) < 4.78 is 15.7. The number of amides is 1. The summed E-state index contributed by atoms with van der Waals surface area (Å²) in [6.45, 7) is 1.16. The van der Waals surface area contributed by atoms with Crippen molar-refractivity contribution in [2.75, 3.05) is 39.7 Å². The van der Waals surface area contributed by atoms with E-state index in [1.54, 1.807) is 43.3 Å². The molecule has 0 atom stereocenters. The molecular weight excluding hydrogens is 372 g/mol. The number of para-hydroxylation sites is 1. The van der Waals surface area contributed by atoms with Crippen LogP contribution in [0.1, 0.15) is 16.8 Å². The number of nitrogens with zero attached hydrogens (tertiary/aromatic N) is 1. The number of rotatable bonds is 8. The van der Waals surface area contributed by atoms with Crippen LogP contribution in [0.2, 0.25) is 0 Å². The van der Waals surface area contributed by atoms with Crippen molar-refractivity contribution in [1.82, 2.24) is 4.90 Å². The molecule has 1 heterocycles. The Hall–Kier alpha value is -3.48. The Labute approximate surface area is 168 Å². The monoisotopic (exact) mass is 396 g/mol. The molecule has 0 radical (unpaired) electrons. The minimum atomic E-state index is -0.396. The van der Waals surface area contributed by atoms with E-state index in [1.165, 1.54) is 13.2 Å². The zero-order valence-corrected chi connectivity index (χ0v) is 16.7. The average molecular weight is 396 g/mol. The van der Waals surface area contributed by atoms with E-state index in [4.69, 9.17) is 13.9 Å². The van der Waals surface area contributed by atoms with Crippen molar-refractivity contribution in [3.8, 4) is 11.5 Å². The Morgan fingerprint density at radius 3 is 2.59 bits per heavy atom. The fraction of sp³-hybridized carbons (Fsp3) is 0.273. The van der Waals surface area contributed by atoms with E-state index in [-0.39, 0.29) is 5.91 Å². The van der Waals surface area contributed by atoms with E-state index in [1.807, 2.05) is 18.2 Å². The molecule has 1 aromatic heterocycles. The van der Waals surface area contributed by atoms with Gasteiger partial charge >= 0.3 is 5.63 Å². The number of nitrogens with one attached hydrogen (secondary N) is 1. The van der Waals surface area contributed by atoms with E-state index in [2.05, 4.69) is 5.32 Å². The number of methoxy groups -OCH3 is 2. The number of hydrogen-bond acceptors (Lipinski definition) is 6. The molecule has 3 rings (SSSR count). The van der Waals surface area contributed by atoms with Gasteiger partial charge in [0.1, 0.15) is 5.58 Å². The van der Waals surface area contributed by atoms with Gasteiger partial charge in [0.25, 0.3) is 5.91 Å². The van der Waals surface area contributed by atoms with Crippen LogP contribution in [0.4, 0.5) is 5.69 Å². The normalized spacial score (nSPS) is 10.6. The molecule has 0 aliphatic heterocycles. The van der Waals surface area contributed by atoms with Crippen molar-refractivity contribution in [3.63, 3.8) is 0 Å². The van der Waals surface area contributed by atoms with Gasteiger partial charge in [0.15, 0.2) is 11.5 Å². The maximum Gasteiger partial charge on any atom is 0.338 e. The highest BCUT2D eigenvalue weighted by molar-refractivity contribution is 5.94. The Bertz CT molecular complexity index is 1060. The Balaban J connectivity index is 1.58. The maximum absolute atomic E-state index is 12.7. The number of carbonyl (C=O) groups excluding carboxylic acids is 1. The standard InChI is InChI=1S/C22H24N2O5/c1-24(22(26)15-9-10-19(27-2)20(13-15)28-3)12-6-11-23-17-14-21(25)29-18-8-5-4-7-16(17)18/h4-5,7-10,13-14,23H,6,11-12H2,1-3H3. The second kappa shape index (κ2) is 9.14. The molecule has 0 spiro atoms. The highest BCUT2D eigenvalue weighted by Gasteiger charge is 2.14. The molecule has 7 heteroatoms. The molecule has 0 bridgehead atoms. The van der Waals surface area contributed by atoms with Crippen LogP contribution >= 0.6 is 0 Å². The van der Waals surface area contributed by atoms with Crippen LogP contribution in [-0.2, 0) is 0 Å². The third kappa shape index (κ3) is 4.68. The zero-order valence-electron chi connectivity index (χ0n) is 16.7. The summed E-state index contributed by atoms with van der Waals surface area (Å²) in [6.07, 6.45) is 0.712. The summed E-state index contributed by atoms with van der Waals surface area (Å²) in [5, 5.41) is 4.11. The van der Waals surface area contributed by atoms with Gasteiger partial charge in [-0.15, -0.1) is 0 Å². The van der Waals surface area contributed by atoms with Crippen molar-refractivity contribution in [3.05, 3.63) is 64.5 Å². The lowest BCUT2D eigenvalue weighted by molar-refractivity contribution is 0.0794. The molecule has 0 aliphatic carbocycles. The largest absolute Gasteiger partial charge is 0.493 e. The van der Waals surface area contributed by atoms with Crippen LogP contribution in [0.15, 0.2) is 57.7 Å². The fourth-order valence-electron chi connectivity index (χ4n) is 3.09. The molecule has 7 nitrogen and oxygen atoms in total. The summed E-state index contributed by atoms with van der Waals surface area (Å²) in [5.41, 5.74) is 1.41. The number of carbonyl (C=O) groups is 1. The molecule has 0 saturated heterocycles. The summed E-state index contributed by atoms with van der Waals surface area (Å²) >= 11 is 0. The van der Waals surface area contributed by atoms with E-state index in [0.717, 1.165) is 11.1 Å². The van der Waals surface area contributed by atoms with Gasteiger partial charge in [-0.25, -0.2) is 4.79 Å². The maximum atomic E-state index is 12.7. The van der Waals surface area contributed by atoms with Gasteiger partial charge in [-0.1, -0.05) is 12.1 Å². The first-order chi connectivity index (χ1) is 14.0. The molecular formula is C22H24N2O5. The fourth-order valence-corrected chi connectivity index (χ4v) is 3.09. The second-order valence-electron chi connectivity index (χ2n) is 6.55. The third-order valence-corrected chi connectivity index (χ3v) is 4.61. The number of ether oxygens (including phenoxy) is 2. The van der Waals surface area contributed by atoms with E-state index in [0.29, 0.717) is 42.2 Å². The molecule has 0 fully saturated rings. The predicted molar refractivity (Wildman–Crippen MR) is 112 cm³/mol. The summed E-state index contributed by atoms with van der Waals surface area (Å²) in [5.74, 6) is 0.996. The van der Waals surface area contributed by atoms with E-state index >= 15 is 0 Å². The zero-order chi connectivity index (χ0) is 20.8. The lowest BCUT2D eigenvalue weighted by atomic mass is 10.1. The number of hydrogen-bond donors (Lipinski definition) is 1. The van der Waals surface area contributed by atoms with Crippen molar-refractivity contribution in [1.29, 1.82) is 0 Å². The quantitative estimate of drug-likeness (QED) is 0.464. The van der Waals surface area contributed by atoms with Crippen LogP contribution in [0, 0.1) is 0 Å². The molecule has 29 heavy (non-hydrogen) atoms. The van der Waals surface area contributed by atoms with Gasteiger partial charge < -0.3 is 24.1 Å². The van der Waals surface area contributed by atoms with Gasteiger partial charge in [-0.2, -0.15) is 0 Å². The van der Waals surface area contributed by atoms with Crippen molar-refractivity contribution in [2.45, 2.75) is 6.42 Å². The van der Waals surface area contributed by atoms with Gasteiger partial charge in [-0.05, 0) is 36.8 Å². The van der Waals surface area contributed by atoms with Crippen molar-refractivity contribution < 1.29 is 18.7 Å². The van der Waals surface area contributed by atoms with Crippen LogP contribution in [-0.4, -0.2) is 45.2 Å². The first-order valence-electron chi connectivity index (χ1n) is 9.27. The Kier molecular flexibility index (Phi) is 6.39. The van der Waals surface area contributed by atoms with E-state index < -0.39 is 5.63 Å². The van der Waals surface area contributed by atoms with Crippen LogP contribution in [0.25, 0.3) is 11.0 Å². The molecule has 2 aromatic carbocycles. The lowest BCUT2D eigenvalue weighted by Gasteiger charge is -2.18. The molecule has 0 aliphatic rings. The number of fused-ring (bicyclic) bond motifs is 1. The molecule has 1 N–H and O–H groups in total. The van der Waals surface area contributed by atoms with Gasteiger partial charge in [-0.3, -0.25) is 4.79 Å². The summed E-state index contributed by atoms with van der Waals surface area (Å²) in [7, 11) is 4.85. The highest BCUT2D eigenvalue weighted by Crippen LogP contribution is 2.28. The van der Waals surface area contributed by atoms with Crippen LogP contribution in [0.5, 0.6) is 11.5 Å². The Morgan fingerprint density at radius 2 is 1.83 bits per heavy atom. The highest BCUT2D eigenvalue weighted by atomic mass is 16.5.